The second kappa shape index (κ2) is 5.35. The van der Waals surface area contributed by atoms with Gasteiger partial charge in [0.2, 0.25) is 5.91 Å². The van der Waals surface area contributed by atoms with Gasteiger partial charge in [-0.3, -0.25) is 4.79 Å². The summed E-state index contributed by atoms with van der Waals surface area (Å²) in [5.41, 5.74) is 2.13. The van der Waals surface area contributed by atoms with Crippen LogP contribution >= 0.6 is 0 Å². The first-order valence-electron chi connectivity index (χ1n) is 5.12. The molecule has 1 amide bonds. The number of carbonyl (C=O) groups excluding carboxylic acids is 1. The molecule has 15 heavy (non-hydrogen) atoms. The van der Waals surface area contributed by atoms with Crippen molar-refractivity contribution < 1.29 is 4.79 Å². The quantitative estimate of drug-likeness (QED) is 0.735. The molecule has 1 rings (SSSR count). The van der Waals surface area contributed by atoms with Crippen molar-refractivity contribution in [1.29, 1.82) is 0 Å². The van der Waals surface area contributed by atoms with E-state index in [4.69, 9.17) is 0 Å². The van der Waals surface area contributed by atoms with E-state index in [1.807, 2.05) is 38.2 Å². The normalized spacial score (nSPS) is 9.73. The van der Waals surface area contributed by atoms with E-state index in [1.54, 1.807) is 11.0 Å². The molecule has 0 aliphatic rings. The van der Waals surface area contributed by atoms with Gasteiger partial charge < -0.3 is 4.90 Å². The van der Waals surface area contributed by atoms with Crippen LogP contribution in [0.15, 0.2) is 30.8 Å². The van der Waals surface area contributed by atoms with Crippen LogP contribution in [0, 0.1) is 0 Å². The minimum atomic E-state index is 0.156. The zero-order valence-electron chi connectivity index (χ0n) is 9.36. The first kappa shape index (κ1) is 11.5. The summed E-state index contributed by atoms with van der Waals surface area (Å²) in [5.74, 6) is 0.156. The molecule has 1 aromatic rings. The van der Waals surface area contributed by atoms with Gasteiger partial charge in [-0.1, -0.05) is 36.9 Å². The zero-order chi connectivity index (χ0) is 11.3. The molecule has 0 unspecified atom stereocenters. The SMILES string of the molecule is C=Cc1ccc(CC(=O)N(C)CC)cc1. The predicted octanol–water partition coefficient (Wildman–Crippen LogP) is 2.35. The van der Waals surface area contributed by atoms with Gasteiger partial charge in [-0.2, -0.15) is 0 Å². The van der Waals surface area contributed by atoms with Gasteiger partial charge in [-0.05, 0) is 18.1 Å². The third-order valence-corrected chi connectivity index (χ3v) is 2.47. The number of carbonyl (C=O) groups is 1. The van der Waals surface area contributed by atoms with Crippen LogP contribution in [0.1, 0.15) is 18.1 Å². The number of hydrogen-bond acceptors (Lipinski definition) is 1. The highest BCUT2D eigenvalue weighted by Gasteiger charge is 2.06. The lowest BCUT2D eigenvalue weighted by Crippen LogP contribution is -2.27. The standard InChI is InChI=1S/C13H17NO/c1-4-11-6-8-12(9-7-11)10-13(15)14(3)5-2/h4,6-9H,1,5,10H2,2-3H3. The number of likely N-dealkylation sites (N-methyl/N-ethyl adjacent to an activating group) is 1. The fourth-order valence-electron chi connectivity index (χ4n) is 1.26. The molecule has 0 heterocycles. The van der Waals surface area contributed by atoms with Crippen molar-refractivity contribution in [3.63, 3.8) is 0 Å². The molecule has 0 N–H and O–H groups in total. The Hall–Kier alpha value is -1.57. The van der Waals surface area contributed by atoms with Crippen LogP contribution in [0.25, 0.3) is 6.08 Å². The van der Waals surface area contributed by atoms with E-state index in [-0.39, 0.29) is 5.91 Å². The maximum Gasteiger partial charge on any atom is 0.226 e. The Kier molecular flexibility index (Phi) is 4.10. The lowest BCUT2D eigenvalue weighted by Gasteiger charge is -2.14. The molecular weight excluding hydrogens is 186 g/mol. The van der Waals surface area contributed by atoms with Gasteiger partial charge in [0.25, 0.3) is 0 Å². The van der Waals surface area contributed by atoms with E-state index in [9.17, 15) is 4.79 Å². The van der Waals surface area contributed by atoms with Crippen LogP contribution in [-0.2, 0) is 11.2 Å². The van der Waals surface area contributed by atoms with Crippen LogP contribution in [0.4, 0.5) is 0 Å². The Morgan fingerprint density at radius 3 is 2.47 bits per heavy atom. The van der Waals surface area contributed by atoms with Crippen molar-refractivity contribution in [3.05, 3.63) is 42.0 Å². The minimum absolute atomic E-state index is 0.156. The average molecular weight is 203 g/mol. The van der Waals surface area contributed by atoms with Crippen LogP contribution in [0.5, 0.6) is 0 Å². The number of hydrogen-bond donors (Lipinski definition) is 0. The lowest BCUT2D eigenvalue weighted by atomic mass is 10.1. The average Bonchev–Trinajstić information content (AvgIpc) is 2.29. The summed E-state index contributed by atoms with van der Waals surface area (Å²) < 4.78 is 0. The molecule has 0 bridgehead atoms. The molecule has 0 aliphatic heterocycles. The third-order valence-electron chi connectivity index (χ3n) is 2.47. The van der Waals surface area contributed by atoms with Crippen LogP contribution in [0.2, 0.25) is 0 Å². The van der Waals surface area contributed by atoms with E-state index in [1.165, 1.54) is 0 Å². The van der Waals surface area contributed by atoms with E-state index >= 15 is 0 Å². The van der Waals surface area contributed by atoms with E-state index in [2.05, 4.69) is 6.58 Å². The molecule has 0 saturated carbocycles. The monoisotopic (exact) mass is 203 g/mol. The van der Waals surface area contributed by atoms with Gasteiger partial charge in [-0.15, -0.1) is 0 Å². The van der Waals surface area contributed by atoms with Crippen molar-refractivity contribution in [2.75, 3.05) is 13.6 Å². The molecule has 0 saturated heterocycles. The van der Waals surface area contributed by atoms with Crippen LogP contribution in [0.3, 0.4) is 0 Å². The zero-order valence-corrected chi connectivity index (χ0v) is 9.36. The summed E-state index contributed by atoms with van der Waals surface area (Å²) in [4.78, 5) is 13.3. The van der Waals surface area contributed by atoms with Crippen molar-refractivity contribution in [2.45, 2.75) is 13.3 Å². The van der Waals surface area contributed by atoms with Gasteiger partial charge in [0.1, 0.15) is 0 Å². The van der Waals surface area contributed by atoms with Crippen molar-refractivity contribution >= 4 is 12.0 Å². The molecule has 0 aliphatic carbocycles. The molecule has 0 atom stereocenters. The Morgan fingerprint density at radius 1 is 1.40 bits per heavy atom. The summed E-state index contributed by atoms with van der Waals surface area (Å²) in [6.45, 7) is 6.41. The topological polar surface area (TPSA) is 20.3 Å². The lowest BCUT2D eigenvalue weighted by molar-refractivity contribution is -0.128. The van der Waals surface area contributed by atoms with Crippen molar-refractivity contribution in [1.82, 2.24) is 4.90 Å². The molecular formula is C13H17NO. The molecule has 1 aromatic carbocycles. The molecule has 0 fully saturated rings. The Morgan fingerprint density at radius 2 is 2.00 bits per heavy atom. The Bertz CT molecular complexity index is 340. The molecule has 0 spiro atoms. The van der Waals surface area contributed by atoms with Gasteiger partial charge >= 0.3 is 0 Å². The fourth-order valence-corrected chi connectivity index (χ4v) is 1.26. The summed E-state index contributed by atoms with van der Waals surface area (Å²) in [6, 6.07) is 7.89. The number of nitrogens with zero attached hydrogens (tertiary/aromatic N) is 1. The molecule has 80 valence electrons. The summed E-state index contributed by atoms with van der Waals surface area (Å²) in [7, 11) is 1.82. The van der Waals surface area contributed by atoms with Gasteiger partial charge in [0.15, 0.2) is 0 Å². The largest absolute Gasteiger partial charge is 0.346 e. The molecule has 0 radical (unpaired) electrons. The van der Waals surface area contributed by atoms with Crippen molar-refractivity contribution in [3.8, 4) is 0 Å². The number of amides is 1. The van der Waals surface area contributed by atoms with Crippen LogP contribution in [-0.4, -0.2) is 24.4 Å². The highest BCUT2D eigenvalue weighted by atomic mass is 16.2. The number of rotatable bonds is 4. The summed E-state index contributed by atoms with van der Waals surface area (Å²) >= 11 is 0. The van der Waals surface area contributed by atoms with E-state index in [0.29, 0.717) is 6.42 Å². The Labute approximate surface area is 91.2 Å². The van der Waals surface area contributed by atoms with Crippen LogP contribution < -0.4 is 0 Å². The van der Waals surface area contributed by atoms with Crippen molar-refractivity contribution in [2.24, 2.45) is 0 Å². The minimum Gasteiger partial charge on any atom is -0.346 e. The van der Waals surface area contributed by atoms with E-state index in [0.717, 1.165) is 17.7 Å². The molecule has 2 heteroatoms. The van der Waals surface area contributed by atoms with Gasteiger partial charge in [-0.25, -0.2) is 0 Å². The van der Waals surface area contributed by atoms with Gasteiger partial charge in [0, 0.05) is 13.6 Å². The summed E-state index contributed by atoms with van der Waals surface area (Å²) in [5, 5.41) is 0. The Balaban J connectivity index is 2.65. The molecule has 0 aromatic heterocycles. The predicted molar refractivity (Wildman–Crippen MR) is 63.5 cm³/mol. The fraction of sp³-hybridized carbons (Fsp3) is 0.308. The maximum atomic E-state index is 11.6. The summed E-state index contributed by atoms with van der Waals surface area (Å²) in [6.07, 6.45) is 2.27. The molecule has 2 nitrogen and oxygen atoms in total. The third kappa shape index (κ3) is 3.24. The second-order valence-corrected chi connectivity index (χ2v) is 3.53. The van der Waals surface area contributed by atoms with E-state index < -0.39 is 0 Å². The first-order valence-corrected chi connectivity index (χ1v) is 5.12. The number of benzene rings is 1. The maximum absolute atomic E-state index is 11.6. The highest BCUT2D eigenvalue weighted by molar-refractivity contribution is 5.78. The highest BCUT2D eigenvalue weighted by Crippen LogP contribution is 2.07. The van der Waals surface area contributed by atoms with Gasteiger partial charge in [0.05, 0.1) is 6.42 Å². The smallest absolute Gasteiger partial charge is 0.226 e. The second-order valence-electron chi connectivity index (χ2n) is 3.53. The first-order chi connectivity index (χ1) is 7.17.